The van der Waals surface area contributed by atoms with Gasteiger partial charge in [0.25, 0.3) is 10.2 Å². The molecule has 112 valence electrons. The molecule has 19 heavy (non-hydrogen) atoms. The Hall–Kier alpha value is -0.660. The Morgan fingerprint density at radius 2 is 2.05 bits per heavy atom. The fourth-order valence-corrected chi connectivity index (χ4v) is 3.91. The lowest BCUT2D eigenvalue weighted by Gasteiger charge is -2.39. The average Bonchev–Trinajstić information content (AvgIpc) is 2.29. The summed E-state index contributed by atoms with van der Waals surface area (Å²) in [5.74, 6) is -1.13. The first kappa shape index (κ1) is 16.4. The highest BCUT2D eigenvalue weighted by Crippen LogP contribution is 2.34. The lowest BCUT2D eigenvalue weighted by Crippen LogP contribution is -2.62. The van der Waals surface area contributed by atoms with Gasteiger partial charge in [-0.1, -0.05) is 33.6 Å². The molecule has 6 nitrogen and oxygen atoms in total. The largest absolute Gasteiger partial charge is 0.480 e. The number of aliphatic carboxylic acids is 1. The molecule has 0 aromatic carbocycles. The molecule has 7 heteroatoms. The summed E-state index contributed by atoms with van der Waals surface area (Å²) >= 11 is 0. The SMILES string of the molecule is CC(C)CNS(=O)(=O)NC1(C(=O)O)CCCCC1C. The Bertz CT molecular complexity index is 421. The van der Waals surface area contributed by atoms with Gasteiger partial charge in [0.05, 0.1) is 0 Å². The highest BCUT2D eigenvalue weighted by molar-refractivity contribution is 7.87. The molecule has 0 aromatic heterocycles. The summed E-state index contributed by atoms with van der Waals surface area (Å²) in [6.07, 6.45) is 2.73. The zero-order chi connectivity index (χ0) is 14.7. The lowest BCUT2D eigenvalue weighted by molar-refractivity contribution is -0.147. The van der Waals surface area contributed by atoms with Crippen LogP contribution in [-0.4, -0.2) is 31.6 Å². The van der Waals surface area contributed by atoms with Gasteiger partial charge in [0.2, 0.25) is 0 Å². The van der Waals surface area contributed by atoms with Gasteiger partial charge >= 0.3 is 5.97 Å². The molecule has 1 fully saturated rings. The maximum atomic E-state index is 12.0. The maximum absolute atomic E-state index is 12.0. The van der Waals surface area contributed by atoms with E-state index in [1.165, 1.54) is 0 Å². The molecule has 2 atom stereocenters. The fraction of sp³-hybridized carbons (Fsp3) is 0.917. The van der Waals surface area contributed by atoms with Crippen LogP contribution >= 0.6 is 0 Å². The van der Waals surface area contributed by atoms with Gasteiger partial charge in [-0.15, -0.1) is 0 Å². The van der Waals surface area contributed by atoms with Gasteiger partial charge in [0, 0.05) is 6.54 Å². The maximum Gasteiger partial charge on any atom is 0.325 e. The molecule has 0 radical (unpaired) electrons. The van der Waals surface area contributed by atoms with Gasteiger partial charge in [-0.3, -0.25) is 4.79 Å². The normalized spacial score (nSPS) is 28.5. The van der Waals surface area contributed by atoms with Crippen molar-refractivity contribution in [3.05, 3.63) is 0 Å². The van der Waals surface area contributed by atoms with Gasteiger partial charge in [-0.25, -0.2) is 4.72 Å². The number of carbonyl (C=O) groups is 1. The van der Waals surface area contributed by atoms with E-state index in [-0.39, 0.29) is 11.8 Å². The number of hydrogen-bond acceptors (Lipinski definition) is 3. The van der Waals surface area contributed by atoms with Crippen LogP contribution in [0.3, 0.4) is 0 Å². The summed E-state index contributed by atoms with van der Waals surface area (Å²) in [6, 6.07) is 0. The van der Waals surface area contributed by atoms with E-state index in [1.54, 1.807) is 6.92 Å². The van der Waals surface area contributed by atoms with E-state index < -0.39 is 21.7 Å². The van der Waals surface area contributed by atoms with Crippen molar-refractivity contribution in [2.24, 2.45) is 11.8 Å². The van der Waals surface area contributed by atoms with Gasteiger partial charge in [0.1, 0.15) is 5.54 Å². The molecule has 0 bridgehead atoms. The second kappa shape index (κ2) is 6.19. The summed E-state index contributed by atoms with van der Waals surface area (Å²) in [5.41, 5.74) is -1.37. The van der Waals surface area contributed by atoms with Crippen LogP contribution in [0.5, 0.6) is 0 Å². The van der Waals surface area contributed by atoms with Crippen molar-refractivity contribution < 1.29 is 18.3 Å². The van der Waals surface area contributed by atoms with Crippen molar-refractivity contribution in [3.63, 3.8) is 0 Å². The van der Waals surface area contributed by atoms with Gasteiger partial charge in [-0.2, -0.15) is 13.1 Å². The predicted molar refractivity (Wildman–Crippen MR) is 72.9 cm³/mol. The van der Waals surface area contributed by atoms with Gasteiger partial charge in [-0.05, 0) is 24.7 Å². The number of carboxylic acid groups (broad SMARTS) is 1. The third kappa shape index (κ3) is 4.15. The average molecular weight is 292 g/mol. The Balaban J connectivity index is 2.87. The number of carboxylic acids is 1. The molecule has 0 aromatic rings. The summed E-state index contributed by atoms with van der Waals surface area (Å²) in [4.78, 5) is 11.5. The lowest BCUT2D eigenvalue weighted by atomic mass is 9.74. The van der Waals surface area contributed by atoms with Crippen LogP contribution in [0.15, 0.2) is 0 Å². The molecule has 2 unspecified atom stereocenters. The minimum absolute atomic E-state index is 0.168. The Kier molecular flexibility index (Phi) is 5.34. The molecule has 0 saturated heterocycles. The van der Waals surface area contributed by atoms with E-state index in [0.29, 0.717) is 13.0 Å². The number of hydrogen-bond donors (Lipinski definition) is 3. The van der Waals surface area contributed by atoms with Gasteiger partial charge in [0.15, 0.2) is 0 Å². The molecular formula is C12H24N2O4S. The van der Waals surface area contributed by atoms with Crippen molar-refractivity contribution in [1.82, 2.24) is 9.44 Å². The second-order valence-electron chi connectivity index (χ2n) is 5.77. The zero-order valence-corrected chi connectivity index (χ0v) is 12.6. The molecule has 0 spiro atoms. The standard InChI is InChI=1S/C12H24N2O4S/c1-9(2)8-13-19(17,18)14-12(11(15)16)7-5-4-6-10(12)3/h9-10,13-14H,4-8H2,1-3H3,(H,15,16). The highest BCUT2D eigenvalue weighted by atomic mass is 32.2. The number of rotatable bonds is 6. The molecule has 1 saturated carbocycles. The third-order valence-corrected chi connectivity index (χ3v) is 4.86. The monoisotopic (exact) mass is 292 g/mol. The second-order valence-corrected chi connectivity index (χ2v) is 7.27. The molecule has 1 aliphatic carbocycles. The van der Waals surface area contributed by atoms with E-state index in [2.05, 4.69) is 9.44 Å². The van der Waals surface area contributed by atoms with Crippen LogP contribution in [0.25, 0.3) is 0 Å². The molecule has 0 amide bonds. The summed E-state index contributed by atoms with van der Waals surface area (Å²) < 4.78 is 28.7. The van der Waals surface area contributed by atoms with Crippen molar-refractivity contribution in [3.8, 4) is 0 Å². The van der Waals surface area contributed by atoms with Crippen LogP contribution in [0.1, 0.15) is 46.5 Å². The fourth-order valence-electron chi connectivity index (χ4n) is 2.41. The summed E-state index contributed by atoms with van der Waals surface area (Å²) in [6.45, 7) is 5.86. The van der Waals surface area contributed by atoms with E-state index in [0.717, 1.165) is 19.3 Å². The van der Waals surface area contributed by atoms with E-state index in [9.17, 15) is 18.3 Å². The van der Waals surface area contributed by atoms with Crippen LogP contribution < -0.4 is 9.44 Å². The van der Waals surface area contributed by atoms with E-state index in [1.807, 2.05) is 13.8 Å². The van der Waals surface area contributed by atoms with Crippen molar-refractivity contribution >= 4 is 16.2 Å². The molecule has 1 aliphatic rings. The van der Waals surface area contributed by atoms with E-state index >= 15 is 0 Å². The first-order valence-electron chi connectivity index (χ1n) is 6.71. The minimum atomic E-state index is -3.79. The molecule has 0 aliphatic heterocycles. The van der Waals surface area contributed by atoms with Crippen LogP contribution in [0.2, 0.25) is 0 Å². The first-order chi connectivity index (χ1) is 8.69. The van der Waals surface area contributed by atoms with Crippen LogP contribution in [0.4, 0.5) is 0 Å². The number of nitrogens with one attached hydrogen (secondary N) is 2. The highest BCUT2D eigenvalue weighted by Gasteiger charge is 2.47. The molecule has 0 heterocycles. The quantitative estimate of drug-likeness (QED) is 0.683. The van der Waals surface area contributed by atoms with Crippen LogP contribution in [0, 0.1) is 11.8 Å². The van der Waals surface area contributed by atoms with Gasteiger partial charge < -0.3 is 5.11 Å². The summed E-state index contributed by atoms with van der Waals surface area (Å²) in [5, 5.41) is 9.45. The van der Waals surface area contributed by atoms with E-state index in [4.69, 9.17) is 0 Å². The smallest absolute Gasteiger partial charge is 0.325 e. The third-order valence-electron chi connectivity index (χ3n) is 3.68. The molecular weight excluding hydrogens is 268 g/mol. The van der Waals surface area contributed by atoms with Crippen molar-refractivity contribution in [1.29, 1.82) is 0 Å². The molecule has 3 N–H and O–H groups in total. The van der Waals surface area contributed by atoms with Crippen LogP contribution in [-0.2, 0) is 15.0 Å². The zero-order valence-electron chi connectivity index (χ0n) is 11.8. The van der Waals surface area contributed by atoms with Crippen molar-refractivity contribution in [2.45, 2.75) is 52.0 Å². The first-order valence-corrected chi connectivity index (χ1v) is 8.20. The topological polar surface area (TPSA) is 95.5 Å². The Labute approximate surface area is 115 Å². The Morgan fingerprint density at radius 3 is 2.53 bits per heavy atom. The minimum Gasteiger partial charge on any atom is -0.480 e. The van der Waals surface area contributed by atoms with Crippen molar-refractivity contribution in [2.75, 3.05) is 6.54 Å². The Morgan fingerprint density at radius 1 is 1.42 bits per heavy atom. The summed E-state index contributed by atoms with van der Waals surface area (Å²) in [7, 11) is -3.79. The predicted octanol–water partition coefficient (Wildman–Crippen LogP) is 1.10. The molecule has 1 rings (SSSR count).